The minimum Gasteiger partial charge on any atom is -0.507 e. The number of hydrogen-bond acceptors (Lipinski definition) is 4. The van der Waals surface area contributed by atoms with Gasteiger partial charge < -0.3 is 15.1 Å². The van der Waals surface area contributed by atoms with Crippen molar-refractivity contribution in [3.63, 3.8) is 0 Å². The topological polar surface area (TPSA) is 94.9 Å². The Hall–Kier alpha value is -3.41. The van der Waals surface area contributed by atoms with E-state index in [2.05, 4.69) is 13.8 Å². The lowest BCUT2D eigenvalue weighted by atomic mass is 9.93. The number of aliphatic hydroxyl groups is 1. The van der Waals surface area contributed by atoms with Crippen LogP contribution in [0.4, 0.5) is 0 Å². The van der Waals surface area contributed by atoms with Crippen LogP contribution in [0.2, 0.25) is 0 Å². The number of aliphatic carboxylic acids is 1. The van der Waals surface area contributed by atoms with Crippen LogP contribution in [0.5, 0.6) is 0 Å². The van der Waals surface area contributed by atoms with Gasteiger partial charge in [-0.3, -0.25) is 14.4 Å². The summed E-state index contributed by atoms with van der Waals surface area (Å²) in [5, 5.41) is 19.9. The van der Waals surface area contributed by atoms with E-state index in [0.717, 1.165) is 5.56 Å². The van der Waals surface area contributed by atoms with Crippen LogP contribution >= 0.6 is 0 Å². The first kappa shape index (κ1) is 20.3. The van der Waals surface area contributed by atoms with E-state index >= 15 is 0 Å². The van der Waals surface area contributed by atoms with Crippen LogP contribution in [-0.4, -0.2) is 39.3 Å². The molecule has 1 aliphatic heterocycles. The fourth-order valence-electron chi connectivity index (χ4n) is 3.49. The molecule has 0 unspecified atom stereocenters. The molecule has 2 aromatic rings. The quantitative estimate of drug-likeness (QED) is 0.443. The molecule has 0 radical (unpaired) electrons. The van der Waals surface area contributed by atoms with Crippen LogP contribution < -0.4 is 0 Å². The molecule has 6 nitrogen and oxygen atoms in total. The number of nitrogens with zero attached hydrogens (tertiary/aromatic N) is 1. The predicted molar refractivity (Wildman–Crippen MR) is 108 cm³/mol. The van der Waals surface area contributed by atoms with Gasteiger partial charge >= 0.3 is 5.97 Å². The third-order valence-corrected chi connectivity index (χ3v) is 5.07. The molecule has 3 rings (SSSR count). The Morgan fingerprint density at radius 2 is 1.62 bits per heavy atom. The SMILES string of the molecule is CC(C)c1ccc([C@H]2C(=C(O)c3ccccc3)C(=O)C(=O)N2CCC(=O)O)cc1. The van der Waals surface area contributed by atoms with E-state index in [1.807, 2.05) is 24.3 Å². The molecule has 6 heteroatoms. The van der Waals surface area contributed by atoms with E-state index < -0.39 is 23.7 Å². The summed E-state index contributed by atoms with van der Waals surface area (Å²) in [6, 6.07) is 15.2. The third kappa shape index (κ3) is 4.06. The maximum absolute atomic E-state index is 12.8. The maximum Gasteiger partial charge on any atom is 0.305 e. The van der Waals surface area contributed by atoms with Gasteiger partial charge in [0.05, 0.1) is 18.0 Å². The van der Waals surface area contributed by atoms with E-state index in [-0.39, 0.29) is 24.3 Å². The number of benzene rings is 2. The molecule has 0 saturated carbocycles. The lowest BCUT2D eigenvalue weighted by molar-refractivity contribution is -0.142. The number of carboxylic acids is 1. The molecule has 1 heterocycles. The molecule has 0 bridgehead atoms. The van der Waals surface area contributed by atoms with Gasteiger partial charge in [-0.1, -0.05) is 68.4 Å². The first-order valence-electron chi connectivity index (χ1n) is 9.46. The lowest BCUT2D eigenvalue weighted by Gasteiger charge is -2.25. The van der Waals surface area contributed by atoms with Gasteiger partial charge in [0.25, 0.3) is 11.7 Å². The molecule has 2 N–H and O–H groups in total. The number of aliphatic hydroxyl groups excluding tert-OH is 1. The van der Waals surface area contributed by atoms with Gasteiger partial charge in [0.15, 0.2) is 0 Å². The van der Waals surface area contributed by atoms with Crippen molar-refractivity contribution in [2.24, 2.45) is 0 Å². The molecule has 1 fully saturated rings. The Balaban J connectivity index is 2.13. The molecule has 2 aromatic carbocycles. The number of amides is 1. The van der Waals surface area contributed by atoms with Gasteiger partial charge in [0, 0.05) is 12.1 Å². The van der Waals surface area contributed by atoms with Gasteiger partial charge in [-0.2, -0.15) is 0 Å². The first-order chi connectivity index (χ1) is 13.8. The van der Waals surface area contributed by atoms with Crippen molar-refractivity contribution < 1.29 is 24.6 Å². The van der Waals surface area contributed by atoms with E-state index in [1.54, 1.807) is 30.3 Å². The summed E-state index contributed by atoms with van der Waals surface area (Å²) >= 11 is 0. The number of carboxylic acid groups (broad SMARTS) is 1. The number of hydrogen-bond donors (Lipinski definition) is 2. The average Bonchev–Trinajstić information content (AvgIpc) is 2.97. The number of rotatable bonds is 6. The highest BCUT2D eigenvalue weighted by molar-refractivity contribution is 6.46. The Bertz CT molecular complexity index is 961. The van der Waals surface area contributed by atoms with E-state index in [4.69, 9.17) is 5.11 Å². The summed E-state index contributed by atoms with van der Waals surface area (Å²) in [5.74, 6) is -2.63. The lowest BCUT2D eigenvalue weighted by Crippen LogP contribution is -2.31. The van der Waals surface area contributed by atoms with Crippen molar-refractivity contribution in [2.75, 3.05) is 6.54 Å². The highest BCUT2D eigenvalue weighted by Gasteiger charge is 2.46. The number of carbonyl (C=O) groups is 3. The zero-order chi connectivity index (χ0) is 21.1. The summed E-state index contributed by atoms with van der Waals surface area (Å²) < 4.78 is 0. The zero-order valence-electron chi connectivity index (χ0n) is 16.3. The van der Waals surface area contributed by atoms with Crippen LogP contribution in [0.3, 0.4) is 0 Å². The predicted octanol–water partition coefficient (Wildman–Crippen LogP) is 3.71. The van der Waals surface area contributed by atoms with Gasteiger partial charge in [-0.15, -0.1) is 0 Å². The van der Waals surface area contributed by atoms with Crippen LogP contribution in [0.25, 0.3) is 5.76 Å². The summed E-state index contributed by atoms with van der Waals surface area (Å²) in [5.41, 5.74) is 2.15. The van der Waals surface area contributed by atoms with E-state index in [9.17, 15) is 19.5 Å². The Morgan fingerprint density at radius 1 is 1.00 bits per heavy atom. The largest absolute Gasteiger partial charge is 0.507 e. The van der Waals surface area contributed by atoms with E-state index in [0.29, 0.717) is 17.0 Å². The molecule has 1 amide bonds. The molecule has 1 aliphatic rings. The van der Waals surface area contributed by atoms with Crippen molar-refractivity contribution in [3.05, 3.63) is 76.9 Å². The minimum absolute atomic E-state index is 0.0242. The van der Waals surface area contributed by atoms with Crippen LogP contribution in [-0.2, 0) is 14.4 Å². The molecule has 0 aromatic heterocycles. The molecule has 1 saturated heterocycles. The smallest absolute Gasteiger partial charge is 0.305 e. The monoisotopic (exact) mass is 393 g/mol. The number of likely N-dealkylation sites (tertiary alicyclic amines) is 1. The van der Waals surface area contributed by atoms with Crippen molar-refractivity contribution in [3.8, 4) is 0 Å². The van der Waals surface area contributed by atoms with Gasteiger partial charge in [0.2, 0.25) is 0 Å². The maximum atomic E-state index is 12.8. The number of carbonyl (C=O) groups excluding carboxylic acids is 2. The van der Waals surface area contributed by atoms with Crippen molar-refractivity contribution in [1.82, 2.24) is 4.90 Å². The molecule has 0 aliphatic carbocycles. The second kappa shape index (κ2) is 8.31. The summed E-state index contributed by atoms with van der Waals surface area (Å²) in [7, 11) is 0. The summed E-state index contributed by atoms with van der Waals surface area (Å²) in [4.78, 5) is 37.7. The molecule has 1 atom stereocenters. The Labute approximate surface area is 169 Å². The highest BCUT2D eigenvalue weighted by Crippen LogP contribution is 2.39. The summed E-state index contributed by atoms with van der Waals surface area (Å²) in [6.45, 7) is 3.99. The third-order valence-electron chi connectivity index (χ3n) is 5.07. The number of ketones is 1. The molecular weight excluding hydrogens is 370 g/mol. The van der Waals surface area contributed by atoms with Gasteiger partial charge in [-0.25, -0.2) is 0 Å². The van der Waals surface area contributed by atoms with Crippen LogP contribution in [0, 0.1) is 0 Å². The van der Waals surface area contributed by atoms with Crippen molar-refractivity contribution >= 4 is 23.4 Å². The van der Waals surface area contributed by atoms with E-state index in [1.165, 1.54) is 4.90 Å². The van der Waals surface area contributed by atoms with Crippen molar-refractivity contribution in [1.29, 1.82) is 0 Å². The van der Waals surface area contributed by atoms with Gasteiger partial charge in [0.1, 0.15) is 5.76 Å². The normalized spacial score (nSPS) is 18.4. The molecule has 29 heavy (non-hydrogen) atoms. The Kier molecular flexibility index (Phi) is 5.82. The standard InChI is InChI=1S/C23H23NO5/c1-14(2)15-8-10-16(11-9-15)20-19(21(27)17-6-4-3-5-7-17)22(28)23(29)24(20)13-12-18(25)26/h3-11,14,20,27H,12-13H2,1-2H3,(H,25,26)/t20-/m0/s1. The number of Topliss-reactive ketones (excluding diaryl/α,β-unsaturated/α-hetero) is 1. The summed E-state index contributed by atoms with van der Waals surface area (Å²) in [6.07, 6.45) is -0.293. The Morgan fingerprint density at radius 3 is 2.17 bits per heavy atom. The molecule has 0 spiro atoms. The zero-order valence-corrected chi connectivity index (χ0v) is 16.3. The van der Waals surface area contributed by atoms with Crippen molar-refractivity contribution in [2.45, 2.75) is 32.2 Å². The fraction of sp³-hybridized carbons (Fsp3) is 0.261. The van der Waals surface area contributed by atoms with Crippen LogP contribution in [0.1, 0.15) is 48.9 Å². The molecule has 150 valence electrons. The highest BCUT2D eigenvalue weighted by atomic mass is 16.4. The molecular formula is C23H23NO5. The fourth-order valence-corrected chi connectivity index (χ4v) is 3.49. The second-order valence-electron chi connectivity index (χ2n) is 7.32. The average molecular weight is 393 g/mol. The second-order valence-corrected chi connectivity index (χ2v) is 7.32. The minimum atomic E-state index is -1.07. The van der Waals surface area contributed by atoms with Crippen LogP contribution in [0.15, 0.2) is 60.2 Å². The van der Waals surface area contributed by atoms with Gasteiger partial charge in [-0.05, 0) is 17.0 Å². The first-order valence-corrected chi connectivity index (χ1v) is 9.46.